The van der Waals surface area contributed by atoms with E-state index >= 15 is 0 Å². The topological polar surface area (TPSA) is 56.8 Å². The first-order valence-corrected chi connectivity index (χ1v) is 8.89. The van der Waals surface area contributed by atoms with E-state index in [1.807, 2.05) is 13.8 Å². The van der Waals surface area contributed by atoms with Crippen LogP contribution >= 0.6 is 0 Å². The van der Waals surface area contributed by atoms with E-state index in [0.29, 0.717) is 32.4 Å². The average molecular weight is 289 g/mol. The third-order valence-corrected chi connectivity index (χ3v) is 5.47. The van der Waals surface area contributed by atoms with E-state index in [9.17, 15) is 4.79 Å². The van der Waals surface area contributed by atoms with Crippen LogP contribution < -0.4 is 5.32 Å². The highest BCUT2D eigenvalue weighted by Gasteiger charge is 2.39. The largest absolute Gasteiger partial charge is 0.501 e. The molecule has 0 aromatic carbocycles. The van der Waals surface area contributed by atoms with Crippen LogP contribution in [0.5, 0.6) is 0 Å². The number of carbonyl (C=O) groups is 1. The van der Waals surface area contributed by atoms with Crippen LogP contribution in [0, 0.1) is 0 Å². The highest BCUT2D eigenvalue weighted by Crippen LogP contribution is 2.18. The lowest BCUT2D eigenvalue weighted by molar-refractivity contribution is -0.116. The molecule has 1 N–H and O–H groups in total. The van der Waals surface area contributed by atoms with E-state index in [4.69, 9.17) is 13.3 Å². The van der Waals surface area contributed by atoms with E-state index < -0.39 is 8.80 Å². The molecule has 0 aromatic heterocycles. The third kappa shape index (κ3) is 8.15. The van der Waals surface area contributed by atoms with Crippen molar-refractivity contribution in [3.63, 3.8) is 0 Å². The van der Waals surface area contributed by atoms with Gasteiger partial charge in [-0.1, -0.05) is 13.5 Å². The number of carbonyl (C=O) groups excluding carboxylic acids is 1. The third-order valence-electron chi connectivity index (χ3n) is 2.40. The van der Waals surface area contributed by atoms with E-state index in [-0.39, 0.29) is 5.91 Å². The first kappa shape index (κ1) is 18.3. The number of rotatable bonds is 12. The lowest BCUT2D eigenvalue weighted by Gasteiger charge is -2.28. The summed E-state index contributed by atoms with van der Waals surface area (Å²) in [6, 6.07) is 0.714. The average Bonchev–Trinajstić information content (AvgIpc) is 2.41. The molecule has 1 amide bonds. The van der Waals surface area contributed by atoms with E-state index in [0.717, 1.165) is 12.8 Å². The zero-order valence-corrected chi connectivity index (χ0v) is 13.4. The Morgan fingerprint density at radius 1 is 1.21 bits per heavy atom. The summed E-state index contributed by atoms with van der Waals surface area (Å²) in [5, 5.41) is 2.74. The summed E-state index contributed by atoms with van der Waals surface area (Å²) in [5.41, 5.74) is 0. The van der Waals surface area contributed by atoms with Crippen LogP contribution in [0.25, 0.3) is 0 Å². The van der Waals surface area contributed by atoms with Gasteiger partial charge in [0.05, 0.1) is 0 Å². The molecule has 0 saturated carbocycles. The van der Waals surface area contributed by atoms with Crippen molar-refractivity contribution in [1.29, 1.82) is 0 Å². The molecular formula is C13H27NO4Si. The summed E-state index contributed by atoms with van der Waals surface area (Å²) in [5.74, 6) is -0.158. The van der Waals surface area contributed by atoms with Crippen LogP contribution in [-0.4, -0.2) is 41.1 Å². The van der Waals surface area contributed by atoms with Gasteiger partial charge in [-0.3, -0.25) is 4.79 Å². The van der Waals surface area contributed by atoms with Gasteiger partial charge in [-0.25, -0.2) is 0 Å². The summed E-state index contributed by atoms with van der Waals surface area (Å²) in [6.07, 6.45) is 2.97. The quantitative estimate of drug-likeness (QED) is 0.340. The lowest BCUT2D eigenvalue weighted by atomic mass is 10.4. The van der Waals surface area contributed by atoms with Gasteiger partial charge < -0.3 is 18.6 Å². The molecule has 0 aliphatic rings. The summed E-state index contributed by atoms with van der Waals surface area (Å²) in [4.78, 5) is 11.0. The van der Waals surface area contributed by atoms with Crippen LogP contribution in [0.1, 0.15) is 33.6 Å². The van der Waals surface area contributed by atoms with Gasteiger partial charge in [0.2, 0.25) is 5.91 Å². The van der Waals surface area contributed by atoms with E-state index in [1.54, 1.807) is 0 Å². The molecule has 0 heterocycles. The molecule has 0 spiro atoms. The monoisotopic (exact) mass is 289 g/mol. The zero-order valence-electron chi connectivity index (χ0n) is 12.4. The summed E-state index contributed by atoms with van der Waals surface area (Å²) in [6.45, 7) is 11.7. The number of nitrogens with one attached hydrogen (secondary N) is 1. The van der Waals surface area contributed by atoms with Gasteiger partial charge in [0.15, 0.2) is 0 Å². The van der Waals surface area contributed by atoms with Gasteiger partial charge in [0.25, 0.3) is 0 Å². The smallest absolute Gasteiger partial charge is 0.374 e. The Morgan fingerprint density at radius 2 is 1.84 bits per heavy atom. The number of amides is 1. The minimum atomic E-state index is -2.58. The van der Waals surface area contributed by atoms with E-state index in [2.05, 4.69) is 18.8 Å². The van der Waals surface area contributed by atoms with Crippen molar-refractivity contribution < 1.29 is 18.1 Å². The minimum absolute atomic E-state index is 0.158. The molecule has 0 rings (SSSR count). The van der Waals surface area contributed by atoms with Crippen molar-refractivity contribution >= 4 is 14.7 Å². The second-order valence-electron chi connectivity index (χ2n) is 4.00. The van der Waals surface area contributed by atoms with Gasteiger partial charge in [-0.15, -0.1) is 0 Å². The van der Waals surface area contributed by atoms with Crippen LogP contribution in [0.2, 0.25) is 6.04 Å². The zero-order chi connectivity index (χ0) is 14.6. The van der Waals surface area contributed by atoms with Crippen molar-refractivity contribution in [2.24, 2.45) is 0 Å². The Labute approximate surface area is 117 Å². The van der Waals surface area contributed by atoms with Crippen molar-refractivity contribution in [3.8, 4) is 0 Å². The fourth-order valence-electron chi connectivity index (χ4n) is 1.63. The first-order chi connectivity index (χ1) is 9.14. The second kappa shape index (κ2) is 11.2. The lowest BCUT2D eigenvalue weighted by Crippen LogP contribution is -2.46. The molecule has 0 atom stereocenters. The van der Waals surface area contributed by atoms with Crippen LogP contribution in [0.15, 0.2) is 12.7 Å². The maximum Gasteiger partial charge on any atom is 0.501 e. The molecular weight excluding hydrogens is 262 g/mol. The normalized spacial score (nSPS) is 11.3. The molecule has 0 aliphatic carbocycles. The van der Waals surface area contributed by atoms with Gasteiger partial charge in [0.1, 0.15) is 0 Å². The first-order valence-electron chi connectivity index (χ1n) is 6.96. The van der Waals surface area contributed by atoms with Crippen LogP contribution in [0.3, 0.4) is 0 Å². The number of hydrogen-bond donors (Lipinski definition) is 1. The van der Waals surface area contributed by atoms with Crippen molar-refractivity contribution in [1.82, 2.24) is 5.32 Å². The maximum atomic E-state index is 11.0. The molecule has 0 saturated heterocycles. The molecule has 0 unspecified atom stereocenters. The highest BCUT2D eigenvalue weighted by atomic mass is 28.4. The van der Waals surface area contributed by atoms with Gasteiger partial charge in [0, 0.05) is 32.4 Å². The molecule has 5 nitrogen and oxygen atoms in total. The summed E-state index contributed by atoms with van der Waals surface area (Å²) < 4.78 is 17.4. The molecule has 0 aromatic rings. The molecule has 0 bridgehead atoms. The summed E-state index contributed by atoms with van der Waals surface area (Å²) >= 11 is 0. The van der Waals surface area contributed by atoms with Gasteiger partial charge in [-0.2, -0.15) is 0 Å². The fraction of sp³-hybridized carbons (Fsp3) is 0.769. The highest BCUT2D eigenvalue weighted by molar-refractivity contribution is 6.60. The molecule has 19 heavy (non-hydrogen) atoms. The minimum Gasteiger partial charge on any atom is -0.374 e. The Kier molecular flexibility index (Phi) is 10.8. The predicted octanol–water partition coefficient (Wildman–Crippen LogP) is 2.12. The Balaban J connectivity index is 4.28. The van der Waals surface area contributed by atoms with Crippen molar-refractivity contribution in [2.45, 2.75) is 39.7 Å². The maximum absolute atomic E-state index is 11.0. The summed E-state index contributed by atoms with van der Waals surface area (Å²) in [7, 11) is -2.58. The molecule has 112 valence electrons. The van der Waals surface area contributed by atoms with Crippen LogP contribution in [0.4, 0.5) is 0 Å². The van der Waals surface area contributed by atoms with Crippen molar-refractivity contribution in [3.05, 3.63) is 12.7 Å². The van der Waals surface area contributed by atoms with Gasteiger partial charge in [-0.05, 0) is 32.8 Å². The molecule has 0 aliphatic heterocycles. The standard InChI is InChI=1S/C13H27NO4Si/c1-5-11-18-19(16-7-3,17-8-4)12-9-10-14-13(15)6-2/h6H,2,5,7-12H2,1,3-4H3,(H,14,15). The molecule has 0 fully saturated rings. The van der Waals surface area contributed by atoms with E-state index in [1.165, 1.54) is 6.08 Å². The Bertz CT molecular complexity index is 255. The van der Waals surface area contributed by atoms with Crippen LogP contribution in [-0.2, 0) is 18.1 Å². The Morgan fingerprint density at radius 3 is 2.32 bits per heavy atom. The molecule has 0 radical (unpaired) electrons. The van der Waals surface area contributed by atoms with Crippen molar-refractivity contribution in [2.75, 3.05) is 26.4 Å². The number of hydrogen-bond acceptors (Lipinski definition) is 4. The fourth-order valence-corrected chi connectivity index (χ4v) is 4.32. The Hall–Kier alpha value is -0.693. The second-order valence-corrected chi connectivity index (χ2v) is 6.73. The molecule has 6 heteroatoms. The predicted molar refractivity (Wildman–Crippen MR) is 77.9 cm³/mol. The van der Waals surface area contributed by atoms with Gasteiger partial charge >= 0.3 is 8.80 Å². The SMILES string of the molecule is C=CC(=O)NCCC[Si](OCC)(OCC)OCCC.